The third kappa shape index (κ3) is 5.29. The van der Waals surface area contributed by atoms with Crippen LogP contribution >= 0.6 is 11.3 Å². The average molecular weight is 431 g/mol. The lowest BCUT2D eigenvalue weighted by molar-refractivity contribution is -0.115. The molecule has 1 amide bonds. The second-order valence-electron chi connectivity index (χ2n) is 6.71. The van der Waals surface area contributed by atoms with Gasteiger partial charge in [-0.2, -0.15) is 0 Å². The quantitative estimate of drug-likeness (QED) is 0.362. The number of rotatable bonds is 8. The Balaban J connectivity index is 1.45. The zero-order valence-electron chi connectivity index (χ0n) is 17.1. The van der Waals surface area contributed by atoms with Crippen molar-refractivity contribution in [2.45, 2.75) is 13.3 Å². The number of nitrogens with zero attached hydrogens (tertiary/aromatic N) is 1. The molecular weight excluding hydrogens is 408 g/mol. The van der Waals surface area contributed by atoms with E-state index in [9.17, 15) is 4.79 Å². The van der Waals surface area contributed by atoms with E-state index in [-0.39, 0.29) is 12.3 Å². The minimum Gasteiger partial charge on any atom is -0.493 e. The largest absolute Gasteiger partial charge is 0.493 e. The molecule has 3 aromatic carbocycles. The van der Waals surface area contributed by atoms with E-state index < -0.39 is 0 Å². The van der Waals surface area contributed by atoms with Crippen molar-refractivity contribution in [2.75, 3.05) is 11.9 Å². The third-order valence-electron chi connectivity index (χ3n) is 4.44. The number of hydrogen-bond donors (Lipinski definition) is 1. The monoisotopic (exact) mass is 430 g/mol. The highest BCUT2D eigenvalue weighted by Gasteiger charge is 2.14. The molecule has 0 fully saturated rings. The van der Waals surface area contributed by atoms with Gasteiger partial charge in [0.05, 0.1) is 30.0 Å². The molecule has 0 unspecified atom stereocenters. The number of ether oxygens (including phenoxy) is 2. The molecule has 1 heterocycles. The maximum absolute atomic E-state index is 12.7. The molecule has 156 valence electrons. The molecule has 0 atom stereocenters. The van der Waals surface area contributed by atoms with Crippen LogP contribution in [0.1, 0.15) is 12.6 Å². The fourth-order valence-electron chi connectivity index (χ4n) is 3.07. The van der Waals surface area contributed by atoms with Crippen LogP contribution in [-0.4, -0.2) is 17.5 Å². The second-order valence-corrected chi connectivity index (χ2v) is 7.57. The van der Waals surface area contributed by atoms with Crippen LogP contribution in [0.15, 0.2) is 84.2 Å². The normalized spacial score (nSPS) is 10.5. The van der Waals surface area contributed by atoms with Crippen molar-refractivity contribution in [3.05, 3.63) is 89.9 Å². The first-order valence-electron chi connectivity index (χ1n) is 10.0. The number of nitrogens with one attached hydrogen (secondary N) is 1. The predicted molar refractivity (Wildman–Crippen MR) is 124 cm³/mol. The van der Waals surface area contributed by atoms with E-state index in [1.165, 1.54) is 11.3 Å². The number of anilines is 1. The minimum atomic E-state index is -0.154. The van der Waals surface area contributed by atoms with E-state index in [0.717, 1.165) is 16.3 Å². The Morgan fingerprint density at radius 1 is 0.935 bits per heavy atom. The van der Waals surface area contributed by atoms with E-state index >= 15 is 0 Å². The molecular formula is C25H22N2O3S. The van der Waals surface area contributed by atoms with Gasteiger partial charge in [0.2, 0.25) is 5.91 Å². The lowest BCUT2D eigenvalue weighted by Gasteiger charge is -2.12. The van der Waals surface area contributed by atoms with Crippen LogP contribution in [0.5, 0.6) is 17.2 Å². The fraction of sp³-hybridized carbons (Fsp3) is 0.120. The maximum atomic E-state index is 12.7. The molecule has 1 N–H and O–H groups in total. The molecule has 5 nitrogen and oxygen atoms in total. The number of carbonyl (C=O) groups excluding carboxylic acids is 1. The Morgan fingerprint density at radius 2 is 1.65 bits per heavy atom. The highest BCUT2D eigenvalue weighted by molar-refractivity contribution is 7.13. The van der Waals surface area contributed by atoms with Crippen molar-refractivity contribution in [2.24, 2.45) is 0 Å². The van der Waals surface area contributed by atoms with Crippen molar-refractivity contribution in [3.8, 4) is 27.8 Å². The van der Waals surface area contributed by atoms with Gasteiger partial charge in [0.1, 0.15) is 16.5 Å². The summed E-state index contributed by atoms with van der Waals surface area (Å²) < 4.78 is 11.6. The van der Waals surface area contributed by atoms with Gasteiger partial charge in [0, 0.05) is 5.38 Å². The summed E-state index contributed by atoms with van der Waals surface area (Å²) in [6.45, 7) is 2.54. The first kappa shape index (κ1) is 20.6. The summed E-state index contributed by atoms with van der Waals surface area (Å²) in [4.78, 5) is 17.3. The van der Waals surface area contributed by atoms with Gasteiger partial charge in [0.15, 0.2) is 5.75 Å². The number of para-hydroxylation sites is 4. The van der Waals surface area contributed by atoms with Crippen molar-refractivity contribution in [1.82, 2.24) is 4.98 Å². The Bertz CT molecular complexity index is 1160. The number of benzene rings is 3. The molecule has 0 saturated carbocycles. The van der Waals surface area contributed by atoms with Gasteiger partial charge >= 0.3 is 0 Å². The molecule has 4 aromatic rings. The fourth-order valence-corrected chi connectivity index (χ4v) is 3.92. The van der Waals surface area contributed by atoms with Crippen LogP contribution < -0.4 is 14.8 Å². The standard InChI is InChI=1S/C25H22N2O3S/c1-2-29-22-14-8-6-12-20(22)25-26-18(17-31-25)16-24(28)27-21-13-7-9-15-23(21)30-19-10-4-3-5-11-19/h3-15,17H,2,16H2,1H3,(H,27,28). The van der Waals surface area contributed by atoms with Crippen LogP contribution in [0.4, 0.5) is 5.69 Å². The molecule has 6 heteroatoms. The van der Waals surface area contributed by atoms with Crippen LogP contribution in [0, 0.1) is 0 Å². The first-order chi connectivity index (χ1) is 15.2. The van der Waals surface area contributed by atoms with Gasteiger partial charge in [-0.05, 0) is 43.3 Å². The topological polar surface area (TPSA) is 60.5 Å². The van der Waals surface area contributed by atoms with Crippen molar-refractivity contribution in [1.29, 1.82) is 0 Å². The van der Waals surface area contributed by atoms with Crippen molar-refractivity contribution < 1.29 is 14.3 Å². The van der Waals surface area contributed by atoms with E-state index in [1.54, 1.807) is 0 Å². The van der Waals surface area contributed by atoms with Gasteiger partial charge in [-0.1, -0.05) is 42.5 Å². The molecule has 0 aliphatic carbocycles. The zero-order chi connectivity index (χ0) is 21.5. The molecule has 0 radical (unpaired) electrons. The van der Waals surface area contributed by atoms with Crippen LogP contribution in [0.25, 0.3) is 10.6 Å². The molecule has 0 aliphatic heterocycles. The van der Waals surface area contributed by atoms with Gasteiger partial charge in [-0.15, -0.1) is 11.3 Å². The molecule has 0 saturated heterocycles. The SMILES string of the molecule is CCOc1ccccc1-c1nc(CC(=O)Nc2ccccc2Oc2ccccc2)cs1. The van der Waals surface area contributed by atoms with Gasteiger partial charge in [-0.3, -0.25) is 4.79 Å². The van der Waals surface area contributed by atoms with E-state index in [0.29, 0.717) is 29.5 Å². The summed E-state index contributed by atoms with van der Waals surface area (Å²) in [5.41, 5.74) is 2.27. The van der Waals surface area contributed by atoms with Crippen LogP contribution in [0.3, 0.4) is 0 Å². The predicted octanol–water partition coefficient (Wildman–Crippen LogP) is 6.18. The van der Waals surface area contributed by atoms with Gasteiger partial charge in [0.25, 0.3) is 0 Å². The number of carbonyl (C=O) groups is 1. The van der Waals surface area contributed by atoms with E-state index in [2.05, 4.69) is 10.3 Å². The third-order valence-corrected chi connectivity index (χ3v) is 5.37. The number of amides is 1. The molecule has 0 aliphatic rings. The summed E-state index contributed by atoms with van der Waals surface area (Å²) in [6, 6.07) is 24.6. The smallest absolute Gasteiger partial charge is 0.230 e. The lowest BCUT2D eigenvalue weighted by Crippen LogP contribution is -2.15. The van der Waals surface area contributed by atoms with E-state index in [1.807, 2.05) is 91.2 Å². The van der Waals surface area contributed by atoms with Crippen LogP contribution in [0.2, 0.25) is 0 Å². The Kier molecular flexibility index (Phi) is 6.59. The number of hydrogen-bond acceptors (Lipinski definition) is 5. The number of aromatic nitrogens is 1. The Labute approximate surface area is 185 Å². The highest BCUT2D eigenvalue weighted by Crippen LogP contribution is 2.33. The molecule has 31 heavy (non-hydrogen) atoms. The van der Waals surface area contributed by atoms with Crippen LogP contribution in [-0.2, 0) is 11.2 Å². The van der Waals surface area contributed by atoms with Gasteiger partial charge in [-0.25, -0.2) is 4.98 Å². The van der Waals surface area contributed by atoms with Gasteiger partial charge < -0.3 is 14.8 Å². The highest BCUT2D eigenvalue weighted by atomic mass is 32.1. The molecule has 0 bridgehead atoms. The summed E-state index contributed by atoms with van der Waals surface area (Å²) in [7, 11) is 0. The molecule has 1 aromatic heterocycles. The molecule has 0 spiro atoms. The summed E-state index contributed by atoms with van der Waals surface area (Å²) in [5, 5.41) is 5.68. The lowest BCUT2D eigenvalue weighted by atomic mass is 10.2. The number of thiazole rings is 1. The zero-order valence-corrected chi connectivity index (χ0v) is 17.9. The van der Waals surface area contributed by atoms with Crippen molar-refractivity contribution >= 4 is 22.9 Å². The summed E-state index contributed by atoms with van der Waals surface area (Å²) in [6.07, 6.45) is 0.174. The average Bonchev–Trinajstić information content (AvgIpc) is 3.24. The molecule has 4 rings (SSSR count). The second kappa shape index (κ2) is 9.91. The summed E-state index contributed by atoms with van der Waals surface area (Å²) in [5.74, 6) is 1.94. The van der Waals surface area contributed by atoms with Crippen molar-refractivity contribution in [3.63, 3.8) is 0 Å². The Morgan fingerprint density at radius 3 is 2.45 bits per heavy atom. The maximum Gasteiger partial charge on any atom is 0.230 e. The Hall–Kier alpha value is -3.64. The summed E-state index contributed by atoms with van der Waals surface area (Å²) >= 11 is 1.50. The minimum absolute atomic E-state index is 0.154. The first-order valence-corrected chi connectivity index (χ1v) is 10.9. The van der Waals surface area contributed by atoms with E-state index in [4.69, 9.17) is 9.47 Å².